The summed E-state index contributed by atoms with van der Waals surface area (Å²) >= 11 is 0. The number of nitrogens with one attached hydrogen (secondary N) is 3. The number of nitrogens with zero attached hydrogens (tertiary/aromatic N) is 2. The molecular weight excluding hydrogens is 374 g/mol. The Morgan fingerprint density at radius 1 is 0.929 bits per heavy atom. The Balaban J connectivity index is 1.60. The lowest BCUT2D eigenvalue weighted by Crippen LogP contribution is -2.14. The van der Waals surface area contributed by atoms with Crippen LogP contribution >= 0.6 is 0 Å². The maximum Gasteiger partial charge on any atom is 0.265 e. The second-order valence-electron chi connectivity index (χ2n) is 6.49. The first-order valence-corrected chi connectivity index (χ1v) is 10.2. The maximum absolute atomic E-state index is 12.8. The molecule has 0 unspecified atom stereocenters. The number of benzene rings is 2. The van der Waals surface area contributed by atoms with E-state index in [1.165, 1.54) is 12.4 Å². The van der Waals surface area contributed by atoms with E-state index in [0.717, 1.165) is 27.7 Å². The maximum atomic E-state index is 12.8. The Morgan fingerprint density at radius 2 is 1.64 bits per heavy atom. The molecule has 4 rings (SSSR count). The van der Waals surface area contributed by atoms with E-state index in [2.05, 4.69) is 25.0 Å². The van der Waals surface area contributed by atoms with Gasteiger partial charge in [-0.2, -0.15) is 0 Å². The molecule has 0 aliphatic heterocycles. The van der Waals surface area contributed by atoms with Crippen LogP contribution in [0.25, 0.3) is 10.9 Å². The van der Waals surface area contributed by atoms with Gasteiger partial charge in [0.2, 0.25) is 5.95 Å². The molecule has 0 amide bonds. The van der Waals surface area contributed by atoms with Gasteiger partial charge < -0.3 is 10.3 Å². The van der Waals surface area contributed by atoms with Crippen LogP contribution in [0.5, 0.6) is 0 Å². The molecule has 0 radical (unpaired) electrons. The van der Waals surface area contributed by atoms with Gasteiger partial charge in [0.05, 0.1) is 23.6 Å². The van der Waals surface area contributed by atoms with Crippen molar-refractivity contribution in [2.75, 3.05) is 10.0 Å². The van der Waals surface area contributed by atoms with Crippen LogP contribution in [0.15, 0.2) is 66.0 Å². The molecule has 8 heteroatoms. The molecule has 0 atom stereocenters. The monoisotopic (exact) mass is 393 g/mol. The first-order chi connectivity index (χ1) is 13.4. The molecule has 0 saturated heterocycles. The van der Waals surface area contributed by atoms with Gasteiger partial charge in [-0.3, -0.25) is 4.72 Å². The smallest absolute Gasteiger partial charge is 0.265 e. The molecule has 0 bridgehead atoms. The second kappa shape index (κ2) is 6.97. The number of sulfonamides is 1. The third-order valence-corrected chi connectivity index (χ3v) is 5.77. The predicted molar refractivity (Wildman–Crippen MR) is 110 cm³/mol. The summed E-state index contributed by atoms with van der Waals surface area (Å²) in [5.41, 5.74) is 4.20. The lowest BCUT2D eigenvalue weighted by molar-refractivity contribution is 0.600. The van der Waals surface area contributed by atoms with Gasteiger partial charge in [0.1, 0.15) is 4.90 Å². The third-order valence-electron chi connectivity index (χ3n) is 4.45. The molecule has 142 valence electrons. The van der Waals surface area contributed by atoms with E-state index in [9.17, 15) is 8.42 Å². The van der Waals surface area contributed by atoms with Crippen molar-refractivity contribution in [3.05, 3.63) is 72.2 Å². The van der Waals surface area contributed by atoms with Crippen LogP contribution < -0.4 is 10.0 Å². The van der Waals surface area contributed by atoms with Crippen molar-refractivity contribution in [1.82, 2.24) is 15.0 Å². The number of hydrogen-bond donors (Lipinski definition) is 3. The van der Waals surface area contributed by atoms with E-state index in [0.29, 0.717) is 11.6 Å². The minimum Gasteiger partial charge on any atom is -0.359 e. The highest BCUT2D eigenvalue weighted by Gasteiger charge is 2.18. The summed E-state index contributed by atoms with van der Waals surface area (Å²) in [6, 6.07) is 13.1. The first kappa shape index (κ1) is 18.0. The fourth-order valence-electron chi connectivity index (χ4n) is 3.08. The molecule has 7 nitrogen and oxygen atoms in total. The van der Waals surface area contributed by atoms with E-state index >= 15 is 0 Å². The van der Waals surface area contributed by atoms with E-state index in [1.807, 2.05) is 56.4 Å². The number of para-hydroxylation sites is 1. The SMILES string of the molecule is Cc1ccc(NS(=O)(=O)c2cnc(Nc3ccccc3)nc2)c2[nH]cc(C)c12. The lowest BCUT2D eigenvalue weighted by Gasteiger charge is -2.11. The van der Waals surface area contributed by atoms with Crippen molar-refractivity contribution < 1.29 is 8.42 Å². The van der Waals surface area contributed by atoms with Gasteiger partial charge in [0.25, 0.3) is 10.0 Å². The summed E-state index contributed by atoms with van der Waals surface area (Å²) in [7, 11) is -3.82. The molecule has 4 aromatic rings. The van der Waals surface area contributed by atoms with Crippen molar-refractivity contribution in [1.29, 1.82) is 0 Å². The zero-order chi connectivity index (χ0) is 19.7. The standard InChI is InChI=1S/C20H19N5O2S/c1-13-8-9-17(19-18(13)14(2)10-21-19)25-28(26,27)16-11-22-20(23-12-16)24-15-6-4-3-5-7-15/h3-12,21,25H,1-2H3,(H,22,23,24). The minimum atomic E-state index is -3.82. The average Bonchev–Trinajstić information content (AvgIpc) is 3.08. The number of H-pyrrole nitrogens is 1. The van der Waals surface area contributed by atoms with Gasteiger partial charge in [-0.1, -0.05) is 24.3 Å². The lowest BCUT2D eigenvalue weighted by atomic mass is 10.1. The zero-order valence-corrected chi connectivity index (χ0v) is 16.2. The molecule has 2 aromatic heterocycles. The number of anilines is 3. The van der Waals surface area contributed by atoms with Crippen molar-refractivity contribution in [3.8, 4) is 0 Å². The van der Waals surface area contributed by atoms with Crippen molar-refractivity contribution in [2.24, 2.45) is 0 Å². The van der Waals surface area contributed by atoms with Crippen LogP contribution in [0.4, 0.5) is 17.3 Å². The molecule has 0 spiro atoms. The largest absolute Gasteiger partial charge is 0.359 e. The summed E-state index contributed by atoms with van der Waals surface area (Å²) in [6.07, 6.45) is 4.43. The number of rotatable bonds is 5. The first-order valence-electron chi connectivity index (χ1n) is 8.68. The van der Waals surface area contributed by atoms with Gasteiger partial charge in [-0.25, -0.2) is 18.4 Å². The summed E-state index contributed by atoms with van der Waals surface area (Å²) in [5, 5.41) is 4.04. The quantitative estimate of drug-likeness (QED) is 0.474. The second-order valence-corrected chi connectivity index (χ2v) is 8.17. The van der Waals surface area contributed by atoms with Crippen LogP contribution in [0.3, 0.4) is 0 Å². The van der Waals surface area contributed by atoms with Crippen molar-refractivity contribution in [2.45, 2.75) is 18.7 Å². The summed E-state index contributed by atoms with van der Waals surface area (Å²) in [6.45, 7) is 3.98. The summed E-state index contributed by atoms with van der Waals surface area (Å²) < 4.78 is 28.2. The van der Waals surface area contributed by atoms with Gasteiger partial charge >= 0.3 is 0 Å². The molecule has 2 aromatic carbocycles. The average molecular weight is 393 g/mol. The highest BCUT2D eigenvalue weighted by molar-refractivity contribution is 7.92. The third kappa shape index (κ3) is 3.41. The fourth-order valence-corrected chi connectivity index (χ4v) is 4.04. The van der Waals surface area contributed by atoms with Gasteiger partial charge in [0, 0.05) is 17.3 Å². The van der Waals surface area contributed by atoms with Crippen LogP contribution in [0, 0.1) is 13.8 Å². The number of fused-ring (bicyclic) bond motifs is 1. The van der Waals surface area contributed by atoms with Crippen LogP contribution in [-0.2, 0) is 10.0 Å². The van der Waals surface area contributed by atoms with E-state index in [-0.39, 0.29) is 4.90 Å². The fraction of sp³-hybridized carbons (Fsp3) is 0.100. The summed E-state index contributed by atoms with van der Waals surface area (Å²) in [4.78, 5) is 11.4. The highest BCUT2D eigenvalue weighted by Crippen LogP contribution is 2.29. The number of aromatic nitrogens is 3. The molecule has 28 heavy (non-hydrogen) atoms. The topological polar surface area (TPSA) is 99.8 Å². The summed E-state index contributed by atoms with van der Waals surface area (Å²) in [5.74, 6) is 0.322. The van der Waals surface area contributed by atoms with E-state index < -0.39 is 10.0 Å². The Hall–Kier alpha value is -3.39. The highest BCUT2D eigenvalue weighted by atomic mass is 32.2. The Kier molecular flexibility index (Phi) is 4.48. The number of hydrogen-bond acceptors (Lipinski definition) is 5. The van der Waals surface area contributed by atoms with Gasteiger partial charge in [-0.15, -0.1) is 0 Å². The Labute approximate surface area is 162 Å². The van der Waals surface area contributed by atoms with Crippen LogP contribution in [0.1, 0.15) is 11.1 Å². The number of aromatic amines is 1. The predicted octanol–water partition coefficient (Wildman–Crippen LogP) is 4.12. The molecule has 2 heterocycles. The normalized spacial score (nSPS) is 11.5. The molecule has 0 fully saturated rings. The van der Waals surface area contributed by atoms with Gasteiger partial charge in [-0.05, 0) is 43.2 Å². The minimum absolute atomic E-state index is 0.0110. The molecular formula is C20H19N5O2S. The molecule has 3 N–H and O–H groups in total. The van der Waals surface area contributed by atoms with E-state index in [4.69, 9.17) is 0 Å². The van der Waals surface area contributed by atoms with E-state index in [1.54, 1.807) is 6.07 Å². The molecule has 0 aliphatic rings. The van der Waals surface area contributed by atoms with Crippen LogP contribution in [-0.4, -0.2) is 23.4 Å². The Morgan fingerprint density at radius 3 is 2.36 bits per heavy atom. The number of aryl methyl sites for hydroxylation is 2. The zero-order valence-electron chi connectivity index (χ0n) is 15.4. The van der Waals surface area contributed by atoms with Crippen molar-refractivity contribution >= 4 is 38.2 Å². The van der Waals surface area contributed by atoms with Gasteiger partial charge in [0.15, 0.2) is 0 Å². The van der Waals surface area contributed by atoms with Crippen LogP contribution in [0.2, 0.25) is 0 Å². The van der Waals surface area contributed by atoms with Crippen molar-refractivity contribution in [3.63, 3.8) is 0 Å². The molecule has 0 aliphatic carbocycles. The Bertz CT molecular complexity index is 1230. The molecule has 0 saturated carbocycles.